The molecule has 30 heavy (non-hydrogen) atoms. The first-order valence-corrected chi connectivity index (χ1v) is 11.0. The molecule has 0 aliphatic carbocycles. The molecule has 0 atom stereocenters. The highest BCUT2D eigenvalue weighted by molar-refractivity contribution is 7.89. The first-order valence-electron chi connectivity index (χ1n) is 8.71. The lowest BCUT2D eigenvalue weighted by atomic mass is 10.2. The average Bonchev–Trinajstić information content (AvgIpc) is 3.50. The van der Waals surface area contributed by atoms with Crippen LogP contribution in [0.1, 0.15) is 16.1 Å². The number of nitrogens with zero attached hydrogens (tertiary/aromatic N) is 3. The maximum atomic E-state index is 12.7. The highest BCUT2D eigenvalue weighted by Gasteiger charge is 2.22. The van der Waals surface area contributed by atoms with Gasteiger partial charge in [0.2, 0.25) is 10.0 Å². The van der Waals surface area contributed by atoms with Crippen molar-refractivity contribution >= 4 is 33.3 Å². The zero-order valence-electron chi connectivity index (χ0n) is 15.7. The Morgan fingerprint density at radius 2 is 1.93 bits per heavy atom. The SMILES string of the molecule is CN(Cc1ccco1)S(=O)(=O)c1ccc(C(=O)Nc2nnc(-c3cccs3)o2)cc1. The van der Waals surface area contributed by atoms with E-state index in [4.69, 9.17) is 8.83 Å². The Hall–Kier alpha value is -3.28. The Morgan fingerprint density at radius 3 is 2.60 bits per heavy atom. The van der Waals surface area contributed by atoms with Crippen molar-refractivity contribution in [1.82, 2.24) is 14.5 Å². The van der Waals surface area contributed by atoms with Gasteiger partial charge in [0.05, 0.1) is 22.6 Å². The summed E-state index contributed by atoms with van der Waals surface area (Å²) in [6.45, 7) is 0.0985. The molecule has 1 N–H and O–H groups in total. The van der Waals surface area contributed by atoms with Crippen molar-refractivity contribution in [2.75, 3.05) is 12.4 Å². The number of benzene rings is 1. The number of aromatic nitrogens is 2. The third-order valence-electron chi connectivity index (χ3n) is 4.16. The number of rotatable bonds is 7. The molecule has 0 aliphatic rings. The van der Waals surface area contributed by atoms with Crippen LogP contribution in [-0.4, -0.2) is 35.9 Å². The summed E-state index contributed by atoms with van der Waals surface area (Å²) in [5.41, 5.74) is 0.249. The molecule has 0 saturated carbocycles. The molecule has 0 saturated heterocycles. The van der Waals surface area contributed by atoms with E-state index < -0.39 is 15.9 Å². The monoisotopic (exact) mass is 444 g/mol. The molecular formula is C19H16N4O5S2. The third kappa shape index (κ3) is 4.17. The largest absolute Gasteiger partial charge is 0.468 e. The molecule has 0 spiro atoms. The van der Waals surface area contributed by atoms with Crippen LogP contribution >= 0.6 is 11.3 Å². The molecule has 1 amide bonds. The molecule has 154 valence electrons. The first-order chi connectivity index (χ1) is 14.4. The number of furan rings is 1. The van der Waals surface area contributed by atoms with Gasteiger partial charge >= 0.3 is 6.01 Å². The predicted octanol–water partition coefficient (Wildman–Crippen LogP) is 3.46. The van der Waals surface area contributed by atoms with E-state index in [1.54, 1.807) is 12.1 Å². The van der Waals surface area contributed by atoms with E-state index in [1.807, 2.05) is 17.5 Å². The molecule has 0 fully saturated rings. The molecule has 11 heteroatoms. The minimum atomic E-state index is -3.74. The third-order valence-corrected chi connectivity index (χ3v) is 6.84. The van der Waals surface area contributed by atoms with E-state index in [0.717, 1.165) is 4.88 Å². The van der Waals surface area contributed by atoms with Crippen molar-refractivity contribution in [3.63, 3.8) is 0 Å². The zero-order valence-corrected chi connectivity index (χ0v) is 17.3. The van der Waals surface area contributed by atoms with Gasteiger partial charge in [0.25, 0.3) is 11.8 Å². The van der Waals surface area contributed by atoms with Crippen LogP contribution in [-0.2, 0) is 16.6 Å². The van der Waals surface area contributed by atoms with Crippen molar-refractivity contribution in [2.45, 2.75) is 11.4 Å². The summed E-state index contributed by atoms with van der Waals surface area (Å²) in [6.07, 6.45) is 1.48. The van der Waals surface area contributed by atoms with E-state index >= 15 is 0 Å². The van der Waals surface area contributed by atoms with Gasteiger partial charge in [-0.25, -0.2) is 8.42 Å². The summed E-state index contributed by atoms with van der Waals surface area (Å²) in [5.74, 6) is 0.337. The Balaban J connectivity index is 1.44. The lowest BCUT2D eigenvalue weighted by Crippen LogP contribution is -2.26. The number of hydrogen-bond donors (Lipinski definition) is 1. The van der Waals surface area contributed by atoms with Crippen molar-refractivity contribution < 1.29 is 22.0 Å². The van der Waals surface area contributed by atoms with Gasteiger partial charge in [0.1, 0.15) is 5.76 Å². The van der Waals surface area contributed by atoms with E-state index in [-0.39, 0.29) is 23.0 Å². The molecule has 4 rings (SSSR count). The molecule has 4 aromatic rings. The van der Waals surface area contributed by atoms with Crippen LogP contribution in [0.5, 0.6) is 0 Å². The van der Waals surface area contributed by atoms with E-state index in [1.165, 1.54) is 53.2 Å². The highest BCUT2D eigenvalue weighted by Crippen LogP contribution is 2.24. The van der Waals surface area contributed by atoms with Gasteiger partial charge in [-0.15, -0.1) is 16.4 Å². The second-order valence-corrected chi connectivity index (χ2v) is 9.20. The second-order valence-electron chi connectivity index (χ2n) is 6.21. The quantitative estimate of drug-likeness (QED) is 0.464. The number of anilines is 1. The maximum absolute atomic E-state index is 12.7. The van der Waals surface area contributed by atoms with Crippen LogP contribution in [0.4, 0.5) is 6.01 Å². The minimum Gasteiger partial charge on any atom is -0.468 e. The summed E-state index contributed by atoms with van der Waals surface area (Å²) < 4.78 is 37.2. The number of carbonyl (C=O) groups excluding carboxylic acids is 1. The topological polar surface area (TPSA) is 119 Å². The number of carbonyl (C=O) groups is 1. The van der Waals surface area contributed by atoms with Gasteiger partial charge in [-0.2, -0.15) is 4.31 Å². The van der Waals surface area contributed by atoms with Gasteiger partial charge in [0.15, 0.2) is 0 Å². The average molecular weight is 444 g/mol. The van der Waals surface area contributed by atoms with Crippen molar-refractivity contribution in [2.24, 2.45) is 0 Å². The molecule has 0 bridgehead atoms. The molecule has 0 unspecified atom stereocenters. The van der Waals surface area contributed by atoms with E-state index in [0.29, 0.717) is 11.7 Å². The van der Waals surface area contributed by atoms with Crippen molar-refractivity contribution in [3.05, 3.63) is 71.5 Å². The van der Waals surface area contributed by atoms with Crippen LogP contribution in [0.3, 0.4) is 0 Å². The van der Waals surface area contributed by atoms with Crippen LogP contribution < -0.4 is 5.32 Å². The molecule has 9 nitrogen and oxygen atoms in total. The predicted molar refractivity (Wildman–Crippen MR) is 109 cm³/mol. The molecular weight excluding hydrogens is 428 g/mol. The number of nitrogens with one attached hydrogen (secondary N) is 1. The molecule has 3 heterocycles. The van der Waals surface area contributed by atoms with Crippen LogP contribution in [0.2, 0.25) is 0 Å². The van der Waals surface area contributed by atoms with Crippen LogP contribution in [0, 0.1) is 0 Å². The summed E-state index contributed by atoms with van der Waals surface area (Å²) >= 11 is 1.44. The van der Waals surface area contributed by atoms with Crippen LogP contribution in [0.15, 0.2) is 73.9 Å². The highest BCUT2D eigenvalue weighted by atomic mass is 32.2. The normalized spacial score (nSPS) is 11.7. The van der Waals surface area contributed by atoms with E-state index in [2.05, 4.69) is 15.5 Å². The van der Waals surface area contributed by atoms with Gasteiger partial charge in [0, 0.05) is 12.6 Å². The standard InChI is InChI=1S/C19H16N4O5S2/c1-23(12-14-4-2-10-27-14)30(25,26)15-8-6-13(7-9-15)17(24)20-19-22-21-18(28-19)16-5-3-11-29-16/h2-11H,12H2,1H3,(H,20,22,24). The Kier molecular flexibility index (Phi) is 5.48. The Morgan fingerprint density at radius 1 is 1.13 bits per heavy atom. The molecule has 0 radical (unpaired) electrons. The molecule has 0 aliphatic heterocycles. The van der Waals surface area contributed by atoms with Gasteiger partial charge in [-0.1, -0.05) is 11.2 Å². The van der Waals surface area contributed by atoms with Gasteiger partial charge in [-0.3, -0.25) is 10.1 Å². The van der Waals surface area contributed by atoms with Crippen molar-refractivity contribution in [1.29, 1.82) is 0 Å². The number of thiophene rings is 1. The Bertz CT molecular complexity index is 1230. The fourth-order valence-corrected chi connectivity index (χ4v) is 4.39. The number of amides is 1. The smallest absolute Gasteiger partial charge is 0.322 e. The summed E-state index contributed by atoms with van der Waals surface area (Å²) in [7, 11) is -2.28. The fourth-order valence-electron chi connectivity index (χ4n) is 2.61. The fraction of sp³-hybridized carbons (Fsp3) is 0.105. The first kappa shape index (κ1) is 20.0. The Labute approximate surface area is 176 Å². The van der Waals surface area contributed by atoms with Crippen molar-refractivity contribution in [3.8, 4) is 10.8 Å². The summed E-state index contributed by atoms with van der Waals surface area (Å²) in [6, 6.07) is 12.6. The number of hydrogen-bond acceptors (Lipinski definition) is 8. The maximum Gasteiger partial charge on any atom is 0.322 e. The summed E-state index contributed by atoms with van der Waals surface area (Å²) in [5, 5.41) is 12.1. The van der Waals surface area contributed by atoms with Crippen LogP contribution in [0.25, 0.3) is 10.8 Å². The lowest BCUT2D eigenvalue weighted by Gasteiger charge is -2.16. The minimum absolute atomic E-state index is 0.0433. The van der Waals surface area contributed by atoms with E-state index in [9.17, 15) is 13.2 Å². The molecule has 1 aromatic carbocycles. The second kappa shape index (κ2) is 8.22. The van der Waals surface area contributed by atoms with Gasteiger partial charge < -0.3 is 8.83 Å². The summed E-state index contributed by atoms with van der Waals surface area (Å²) in [4.78, 5) is 13.3. The zero-order chi connectivity index (χ0) is 21.1. The van der Waals surface area contributed by atoms with Gasteiger partial charge in [-0.05, 0) is 47.8 Å². The molecule has 3 aromatic heterocycles. The number of sulfonamides is 1. The lowest BCUT2D eigenvalue weighted by molar-refractivity contribution is 0.102.